The van der Waals surface area contributed by atoms with Crippen LogP contribution in [0.1, 0.15) is 24.8 Å². The Balaban J connectivity index is 2.93. The van der Waals surface area contributed by atoms with Crippen molar-refractivity contribution >= 4 is 15.9 Å². The maximum Gasteiger partial charge on any atom is 0.104 e. The monoisotopic (exact) mass is 259 g/mol. The van der Waals surface area contributed by atoms with Gasteiger partial charge in [0.15, 0.2) is 0 Å². The molecule has 0 heterocycles. The summed E-state index contributed by atoms with van der Waals surface area (Å²) >= 11 is 3.43. The average molecular weight is 260 g/mol. The Bertz CT molecular complexity index is 288. The van der Waals surface area contributed by atoms with E-state index in [1.54, 1.807) is 6.92 Å². The van der Waals surface area contributed by atoms with Crippen LogP contribution in [-0.2, 0) is 0 Å². The van der Waals surface area contributed by atoms with Crippen molar-refractivity contribution in [3.05, 3.63) is 34.3 Å². The molecule has 78 valence electrons. The second kappa shape index (κ2) is 5.47. The van der Waals surface area contributed by atoms with Crippen LogP contribution in [0.15, 0.2) is 28.7 Å². The largest absolute Gasteiger partial charge is 0.330 e. The number of hydrogen-bond acceptors (Lipinski definition) is 1. The van der Waals surface area contributed by atoms with E-state index in [4.69, 9.17) is 5.73 Å². The van der Waals surface area contributed by atoms with Crippen LogP contribution in [0.5, 0.6) is 0 Å². The molecular formula is C11H15BrFN. The lowest BCUT2D eigenvalue weighted by Crippen LogP contribution is -2.15. The van der Waals surface area contributed by atoms with Gasteiger partial charge in [-0.2, -0.15) is 0 Å². The van der Waals surface area contributed by atoms with Gasteiger partial charge in [-0.3, -0.25) is 0 Å². The number of hydrogen-bond donors (Lipinski definition) is 1. The summed E-state index contributed by atoms with van der Waals surface area (Å²) in [6, 6.07) is 7.73. The van der Waals surface area contributed by atoms with Crippen molar-refractivity contribution in [1.82, 2.24) is 0 Å². The lowest BCUT2D eigenvalue weighted by molar-refractivity contribution is 0.296. The van der Waals surface area contributed by atoms with Crippen molar-refractivity contribution in [1.29, 1.82) is 0 Å². The molecular weight excluding hydrogens is 245 g/mol. The van der Waals surface area contributed by atoms with Gasteiger partial charge in [0, 0.05) is 10.4 Å². The van der Waals surface area contributed by atoms with E-state index in [2.05, 4.69) is 15.9 Å². The minimum Gasteiger partial charge on any atom is -0.330 e. The molecule has 0 saturated heterocycles. The molecule has 1 aromatic rings. The molecule has 0 aromatic heterocycles. The van der Waals surface area contributed by atoms with E-state index in [9.17, 15) is 4.39 Å². The van der Waals surface area contributed by atoms with Crippen molar-refractivity contribution in [3.8, 4) is 0 Å². The van der Waals surface area contributed by atoms with Gasteiger partial charge in [-0.05, 0) is 31.5 Å². The first-order valence-electron chi connectivity index (χ1n) is 4.75. The van der Waals surface area contributed by atoms with Crippen LogP contribution in [-0.4, -0.2) is 12.7 Å². The fourth-order valence-corrected chi connectivity index (χ4v) is 2.17. The van der Waals surface area contributed by atoms with Crippen LogP contribution in [0.25, 0.3) is 0 Å². The SMILES string of the molecule is CC(F)C(CCN)c1ccccc1Br. The van der Waals surface area contributed by atoms with E-state index in [0.29, 0.717) is 13.0 Å². The van der Waals surface area contributed by atoms with Gasteiger partial charge in [0.1, 0.15) is 6.17 Å². The number of rotatable bonds is 4. The second-order valence-electron chi connectivity index (χ2n) is 3.38. The second-order valence-corrected chi connectivity index (χ2v) is 4.24. The Labute approximate surface area is 92.6 Å². The summed E-state index contributed by atoms with van der Waals surface area (Å²) in [6.07, 6.45) is -0.183. The van der Waals surface area contributed by atoms with E-state index in [1.165, 1.54) is 0 Å². The van der Waals surface area contributed by atoms with Gasteiger partial charge in [-0.15, -0.1) is 0 Å². The topological polar surface area (TPSA) is 26.0 Å². The lowest BCUT2D eigenvalue weighted by Gasteiger charge is -2.19. The molecule has 1 rings (SSSR count). The number of nitrogens with two attached hydrogens (primary N) is 1. The first-order chi connectivity index (χ1) is 6.66. The first-order valence-corrected chi connectivity index (χ1v) is 5.54. The van der Waals surface area contributed by atoms with E-state index < -0.39 is 6.17 Å². The molecule has 0 fully saturated rings. The Kier molecular flexibility index (Phi) is 4.55. The number of alkyl halides is 1. The van der Waals surface area contributed by atoms with Gasteiger partial charge >= 0.3 is 0 Å². The van der Waals surface area contributed by atoms with E-state index in [-0.39, 0.29) is 5.92 Å². The maximum atomic E-state index is 13.3. The summed E-state index contributed by atoms with van der Waals surface area (Å²) < 4.78 is 14.3. The van der Waals surface area contributed by atoms with Crippen LogP contribution in [0.2, 0.25) is 0 Å². The van der Waals surface area contributed by atoms with Crippen LogP contribution >= 0.6 is 15.9 Å². The zero-order chi connectivity index (χ0) is 10.6. The standard InChI is InChI=1S/C11H15BrFN/c1-8(13)9(6-7-14)10-4-2-3-5-11(10)12/h2-5,8-9H,6-7,14H2,1H3. The van der Waals surface area contributed by atoms with E-state index in [1.807, 2.05) is 24.3 Å². The third-order valence-corrected chi connectivity index (χ3v) is 3.06. The molecule has 0 radical (unpaired) electrons. The smallest absolute Gasteiger partial charge is 0.104 e. The number of halogens is 2. The molecule has 0 saturated carbocycles. The zero-order valence-electron chi connectivity index (χ0n) is 8.21. The highest BCUT2D eigenvalue weighted by atomic mass is 79.9. The molecule has 0 bridgehead atoms. The molecule has 1 nitrogen and oxygen atoms in total. The van der Waals surface area contributed by atoms with Gasteiger partial charge in [0.25, 0.3) is 0 Å². The van der Waals surface area contributed by atoms with Crippen LogP contribution in [0.4, 0.5) is 4.39 Å². The molecule has 0 aliphatic carbocycles. The quantitative estimate of drug-likeness (QED) is 0.883. The third kappa shape index (κ3) is 2.79. The lowest BCUT2D eigenvalue weighted by atomic mass is 9.92. The van der Waals surface area contributed by atoms with Crippen molar-refractivity contribution in [3.63, 3.8) is 0 Å². The molecule has 2 N–H and O–H groups in total. The molecule has 0 aliphatic heterocycles. The molecule has 2 unspecified atom stereocenters. The summed E-state index contributed by atoms with van der Waals surface area (Å²) in [6.45, 7) is 2.10. The summed E-state index contributed by atoms with van der Waals surface area (Å²) in [4.78, 5) is 0. The Hall–Kier alpha value is -0.410. The van der Waals surface area contributed by atoms with E-state index >= 15 is 0 Å². The van der Waals surface area contributed by atoms with Crippen molar-refractivity contribution < 1.29 is 4.39 Å². The fourth-order valence-electron chi connectivity index (χ4n) is 1.59. The van der Waals surface area contributed by atoms with E-state index in [0.717, 1.165) is 10.0 Å². The van der Waals surface area contributed by atoms with Gasteiger partial charge < -0.3 is 5.73 Å². The van der Waals surface area contributed by atoms with Crippen LogP contribution < -0.4 is 5.73 Å². The summed E-state index contributed by atoms with van der Waals surface area (Å²) in [5, 5.41) is 0. The molecule has 2 atom stereocenters. The highest BCUT2D eigenvalue weighted by molar-refractivity contribution is 9.10. The average Bonchev–Trinajstić information content (AvgIpc) is 2.15. The van der Waals surface area contributed by atoms with Gasteiger partial charge in [0.05, 0.1) is 0 Å². The molecule has 0 aliphatic rings. The number of benzene rings is 1. The van der Waals surface area contributed by atoms with Crippen molar-refractivity contribution in [2.45, 2.75) is 25.4 Å². The zero-order valence-corrected chi connectivity index (χ0v) is 9.80. The highest BCUT2D eigenvalue weighted by Gasteiger charge is 2.19. The predicted octanol–water partition coefficient (Wildman–Crippen LogP) is 3.24. The molecule has 14 heavy (non-hydrogen) atoms. The predicted molar refractivity (Wildman–Crippen MR) is 61.1 cm³/mol. The molecule has 0 spiro atoms. The first kappa shape index (κ1) is 11.7. The third-order valence-electron chi connectivity index (χ3n) is 2.34. The maximum absolute atomic E-state index is 13.3. The minimum absolute atomic E-state index is 0.101. The van der Waals surface area contributed by atoms with Crippen LogP contribution in [0.3, 0.4) is 0 Å². The summed E-state index contributed by atoms with van der Waals surface area (Å²) in [5.41, 5.74) is 6.48. The highest BCUT2D eigenvalue weighted by Crippen LogP contribution is 2.30. The normalized spacial score (nSPS) is 15.1. The van der Waals surface area contributed by atoms with Gasteiger partial charge in [-0.1, -0.05) is 34.1 Å². The Morgan fingerprint density at radius 2 is 2.07 bits per heavy atom. The van der Waals surface area contributed by atoms with Gasteiger partial charge in [0.2, 0.25) is 0 Å². The summed E-state index contributed by atoms with van der Waals surface area (Å²) in [5.74, 6) is -0.101. The summed E-state index contributed by atoms with van der Waals surface area (Å²) in [7, 11) is 0. The minimum atomic E-state index is -0.864. The Morgan fingerprint density at radius 1 is 1.43 bits per heavy atom. The molecule has 1 aromatic carbocycles. The van der Waals surface area contributed by atoms with Gasteiger partial charge in [-0.25, -0.2) is 4.39 Å². The van der Waals surface area contributed by atoms with Crippen molar-refractivity contribution in [2.24, 2.45) is 5.73 Å². The van der Waals surface area contributed by atoms with Crippen LogP contribution in [0, 0.1) is 0 Å². The van der Waals surface area contributed by atoms with Crippen molar-refractivity contribution in [2.75, 3.05) is 6.54 Å². The Morgan fingerprint density at radius 3 is 2.57 bits per heavy atom. The fraction of sp³-hybridized carbons (Fsp3) is 0.455. The molecule has 0 amide bonds. The molecule has 3 heteroatoms.